The topological polar surface area (TPSA) is 88.6 Å². The molecule has 0 spiro atoms. The minimum atomic E-state index is -0.129. The van der Waals surface area contributed by atoms with Crippen molar-refractivity contribution in [3.05, 3.63) is 63.9 Å². The lowest BCUT2D eigenvalue weighted by molar-refractivity contribution is 0.0730. The Hall–Kier alpha value is -2.87. The fraction of sp³-hybridized carbons (Fsp3) is 0.316. The zero-order valence-corrected chi connectivity index (χ0v) is 15.6. The number of furan rings is 1. The van der Waals surface area contributed by atoms with Gasteiger partial charge in [0.15, 0.2) is 12.1 Å². The van der Waals surface area contributed by atoms with Crippen LogP contribution in [0, 0.1) is 6.92 Å². The van der Waals surface area contributed by atoms with Crippen LogP contribution in [-0.4, -0.2) is 28.2 Å². The number of hydrogen-bond donors (Lipinski definition) is 1. The van der Waals surface area contributed by atoms with Crippen molar-refractivity contribution in [1.29, 1.82) is 0 Å². The summed E-state index contributed by atoms with van der Waals surface area (Å²) >= 11 is 1.42. The summed E-state index contributed by atoms with van der Waals surface area (Å²) in [5.41, 5.74) is 1.27. The molecule has 0 radical (unpaired) electrons. The average Bonchev–Trinajstić information content (AvgIpc) is 3.46. The van der Waals surface area contributed by atoms with Gasteiger partial charge in [-0.05, 0) is 38.0 Å². The average molecular weight is 385 g/mol. The molecule has 0 bridgehead atoms. The number of amides is 2. The molecule has 0 aliphatic carbocycles. The normalized spacial score (nSPS) is 16.6. The van der Waals surface area contributed by atoms with E-state index in [0.29, 0.717) is 29.4 Å². The van der Waals surface area contributed by atoms with E-state index in [1.807, 2.05) is 23.1 Å². The molecule has 7 nitrogen and oxygen atoms in total. The smallest absolute Gasteiger partial charge is 0.276 e. The van der Waals surface area contributed by atoms with Crippen LogP contribution in [0.3, 0.4) is 0 Å². The standard InChI is InChI=1S/C19H19N3O4S/c1-12-17(21-11-26-12)19(24)22-7-2-3-14(22)15-4-5-16(27-15)18(23)20-9-13-6-8-25-10-13/h4-6,8,10-11,14H,2-3,7,9H2,1H3,(H,20,23)/t14-/m1/s1. The molecular weight excluding hydrogens is 366 g/mol. The highest BCUT2D eigenvalue weighted by Crippen LogP contribution is 2.37. The Kier molecular flexibility index (Phi) is 4.81. The quantitative estimate of drug-likeness (QED) is 0.726. The van der Waals surface area contributed by atoms with Gasteiger partial charge in [0.05, 0.1) is 23.4 Å². The van der Waals surface area contributed by atoms with E-state index in [-0.39, 0.29) is 17.9 Å². The predicted octanol–water partition coefficient (Wildman–Crippen LogP) is 3.54. The van der Waals surface area contributed by atoms with Crippen LogP contribution in [0.25, 0.3) is 0 Å². The first-order chi connectivity index (χ1) is 13.1. The summed E-state index contributed by atoms with van der Waals surface area (Å²) in [5.74, 6) is 0.273. The van der Waals surface area contributed by atoms with Crippen LogP contribution in [-0.2, 0) is 6.54 Å². The lowest BCUT2D eigenvalue weighted by Crippen LogP contribution is -2.30. The molecule has 1 atom stereocenters. The van der Waals surface area contributed by atoms with Crippen molar-refractivity contribution < 1.29 is 18.4 Å². The van der Waals surface area contributed by atoms with Crippen LogP contribution in [0.1, 0.15) is 55.2 Å². The van der Waals surface area contributed by atoms with Crippen molar-refractivity contribution in [2.24, 2.45) is 0 Å². The number of aryl methyl sites for hydroxylation is 1. The second kappa shape index (κ2) is 7.40. The first kappa shape index (κ1) is 17.5. The van der Waals surface area contributed by atoms with E-state index in [2.05, 4.69) is 10.3 Å². The van der Waals surface area contributed by atoms with Gasteiger partial charge in [0.2, 0.25) is 0 Å². The van der Waals surface area contributed by atoms with Crippen LogP contribution in [0.15, 0.2) is 46.0 Å². The molecule has 0 unspecified atom stereocenters. The molecule has 1 fully saturated rings. The molecule has 140 valence electrons. The summed E-state index contributed by atoms with van der Waals surface area (Å²) in [6, 6.07) is 5.53. The third-order valence-electron chi connectivity index (χ3n) is 4.67. The Balaban J connectivity index is 1.46. The highest BCUT2D eigenvalue weighted by molar-refractivity contribution is 7.14. The van der Waals surface area contributed by atoms with Crippen molar-refractivity contribution >= 4 is 23.2 Å². The Morgan fingerprint density at radius 2 is 2.26 bits per heavy atom. The number of carbonyl (C=O) groups is 2. The van der Waals surface area contributed by atoms with Crippen LogP contribution in [0.2, 0.25) is 0 Å². The van der Waals surface area contributed by atoms with E-state index >= 15 is 0 Å². The van der Waals surface area contributed by atoms with E-state index in [1.165, 1.54) is 17.7 Å². The number of oxazole rings is 1. The summed E-state index contributed by atoms with van der Waals surface area (Å²) < 4.78 is 10.2. The number of nitrogens with zero attached hydrogens (tertiary/aromatic N) is 2. The van der Waals surface area contributed by atoms with Gasteiger partial charge in [-0.25, -0.2) is 4.98 Å². The molecule has 2 amide bonds. The second-order valence-electron chi connectivity index (χ2n) is 6.43. The SMILES string of the molecule is Cc1ocnc1C(=O)N1CCC[C@@H]1c1ccc(C(=O)NCc2ccoc2)s1. The highest BCUT2D eigenvalue weighted by atomic mass is 32.1. The molecule has 1 aliphatic rings. The van der Waals surface area contributed by atoms with Gasteiger partial charge in [0.1, 0.15) is 5.76 Å². The number of carbonyl (C=O) groups excluding carboxylic acids is 2. The molecule has 1 N–H and O–H groups in total. The largest absolute Gasteiger partial charge is 0.472 e. The maximum Gasteiger partial charge on any atom is 0.276 e. The number of nitrogens with one attached hydrogen (secondary N) is 1. The van der Waals surface area contributed by atoms with Gasteiger partial charge >= 0.3 is 0 Å². The Labute approximate surface area is 160 Å². The minimum Gasteiger partial charge on any atom is -0.472 e. The molecule has 4 rings (SSSR count). The predicted molar refractivity (Wildman–Crippen MR) is 98.4 cm³/mol. The second-order valence-corrected chi connectivity index (χ2v) is 7.55. The number of rotatable bonds is 5. The van der Waals surface area contributed by atoms with Crippen molar-refractivity contribution in [3.8, 4) is 0 Å². The van der Waals surface area contributed by atoms with Gasteiger partial charge in [-0.2, -0.15) is 0 Å². The van der Waals surface area contributed by atoms with Crippen LogP contribution < -0.4 is 5.32 Å². The molecule has 8 heteroatoms. The van der Waals surface area contributed by atoms with Crippen molar-refractivity contribution in [2.75, 3.05) is 6.54 Å². The van der Waals surface area contributed by atoms with Gasteiger partial charge in [-0.1, -0.05) is 0 Å². The molecule has 3 aromatic heterocycles. The van der Waals surface area contributed by atoms with Gasteiger partial charge in [0, 0.05) is 23.5 Å². The van der Waals surface area contributed by atoms with Gasteiger partial charge < -0.3 is 19.1 Å². The van der Waals surface area contributed by atoms with Crippen LogP contribution in [0.5, 0.6) is 0 Å². The van der Waals surface area contributed by atoms with Crippen LogP contribution in [0.4, 0.5) is 0 Å². The monoisotopic (exact) mass is 385 g/mol. The molecular formula is C19H19N3O4S. The zero-order valence-electron chi connectivity index (χ0n) is 14.8. The lowest BCUT2D eigenvalue weighted by Gasteiger charge is -2.23. The Morgan fingerprint density at radius 1 is 1.37 bits per heavy atom. The number of thiophene rings is 1. The maximum atomic E-state index is 12.8. The molecule has 4 heterocycles. The van der Waals surface area contributed by atoms with Gasteiger partial charge in [-0.15, -0.1) is 11.3 Å². The summed E-state index contributed by atoms with van der Waals surface area (Å²) in [4.78, 5) is 32.7. The van der Waals surface area contributed by atoms with Gasteiger partial charge in [-0.3, -0.25) is 9.59 Å². The summed E-state index contributed by atoms with van der Waals surface area (Å²) in [5, 5.41) is 2.88. The number of aromatic nitrogens is 1. The van der Waals surface area contributed by atoms with E-state index in [4.69, 9.17) is 8.83 Å². The fourth-order valence-electron chi connectivity index (χ4n) is 3.27. The number of likely N-dealkylation sites (tertiary alicyclic amines) is 1. The van der Waals surface area contributed by atoms with Crippen molar-refractivity contribution in [3.63, 3.8) is 0 Å². The number of hydrogen-bond acceptors (Lipinski definition) is 6. The molecule has 0 aromatic carbocycles. The van der Waals surface area contributed by atoms with Gasteiger partial charge in [0.25, 0.3) is 11.8 Å². The molecule has 1 saturated heterocycles. The van der Waals surface area contributed by atoms with E-state index < -0.39 is 0 Å². The lowest BCUT2D eigenvalue weighted by atomic mass is 10.1. The summed E-state index contributed by atoms with van der Waals surface area (Å²) in [6.07, 6.45) is 6.27. The molecule has 0 saturated carbocycles. The summed E-state index contributed by atoms with van der Waals surface area (Å²) in [6.45, 7) is 2.83. The highest BCUT2D eigenvalue weighted by Gasteiger charge is 2.33. The van der Waals surface area contributed by atoms with E-state index in [1.54, 1.807) is 19.5 Å². The molecule has 1 aliphatic heterocycles. The van der Waals surface area contributed by atoms with Crippen LogP contribution >= 0.6 is 11.3 Å². The van der Waals surface area contributed by atoms with E-state index in [0.717, 1.165) is 23.3 Å². The Morgan fingerprint density at radius 3 is 3.00 bits per heavy atom. The Bertz CT molecular complexity index is 944. The summed E-state index contributed by atoms with van der Waals surface area (Å²) in [7, 11) is 0. The first-order valence-corrected chi connectivity index (χ1v) is 9.55. The van der Waals surface area contributed by atoms with E-state index in [9.17, 15) is 9.59 Å². The first-order valence-electron chi connectivity index (χ1n) is 8.73. The third kappa shape index (κ3) is 3.52. The third-order valence-corrected chi connectivity index (χ3v) is 5.86. The molecule has 3 aromatic rings. The molecule has 27 heavy (non-hydrogen) atoms. The van der Waals surface area contributed by atoms with Crippen molar-refractivity contribution in [1.82, 2.24) is 15.2 Å². The zero-order chi connectivity index (χ0) is 18.8. The maximum absolute atomic E-state index is 12.8. The van der Waals surface area contributed by atoms with Crippen molar-refractivity contribution in [2.45, 2.75) is 32.4 Å². The minimum absolute atomic E-state index is 0.0333. The fourth-order valence-corrected chi connectivity index (χ4v) is 4.34.